The number of rotatable bonds is 3. The van der Waals surface area contributed by atoms with Gasteiger partial charge in [0, 0.05) is 32.9 Å². The summed E-state index contributed by atoms with van der Waals surface area (Å²) in [6.07, 6.45) is 0. The van der Waals surface area contributed by atoms with Crippen molar-refractivity contribution in [2.24, 2.45) is 0 Å². The second kappa shape index (κ2) is 8.74. The summed E-state index contributed by atoms with van der Waals surface area (Å²) in [5, 5.41) is 2.43. The fourth-order valence-electron chi connectivity index (χ4n) is 6.74. The van der Waals surface area contributed by atoms with E-state index in [1.54, 1.807) is 0 Å². The molecule has 5 aromatic carbocycles. The lowest BCUT2D eigenvalue weighted by Crippen LogP contribution is -2.15. The zero-order valence-electron chi connectivity index (χ0n) is 23.4. The molecule has 0 fully saturated rings. The number of para-hydroxylation sites is 1. The van der Waals surface area contributed by atoms with Gasteiger partial charge in [0.1, 0.15) is 0 Å². The van der Waals surface area contributed by atoms with Crippen LogP contribution in [0.4, 0.5) is 0 Å². The second-order valence-corrected chi connectivity index (χ2v) is 11.5. The molecular weight excluding hydrogens is 498 g/mol. The molecule has 0 N–H and O–H groups in total. The molecule has 3 nitrogen and oxygen atoms in total. The molecule has 41 heavy (non-hydrogen) atoms. The summed E-state index contributed by atoms with van der Waals surface area (Å²) in [5.74, 6) is 0.688. The average Bonchev–Trinajstić information content (AvgIpc) is 3.46. The van der Waals surface area contributed by atoms with Crippen molar-refractivity contribution >= 4 is 21.8 Å². The highest BCUT2D eigenvalue weighted by molar-refractivity contribution is 6.11. The molecule has 0 aliphatic heterocycles. The minimum atomic E-state index is -0.0973. The van der Waals surface area contributed by atoms with Crippen LogP contribution in [0.5, 0.6) is 0 Å². The van der Waals surface area contributed by atoms with Crippen molar-refractivity contribution in [2.45, 2.75) is 26.2 Å². The van der Waals surface area contributed by atoms with E-state index in [2.05, 4.69) is 135 Å². The molecule has 0 amide bonds. The standard InChI is InChI=1S/C38H29N3/c1-24-35(25-14-6-4-7-15-25)39-37(40-36(24)26-16-8-5-9-17-26)41-33-21-13-11-19-28(33)30-22-29-27-18-10-12-20-31(27)38(2,3)32(29)23-34(30)41/h4-23H,1-3H3. The first-order valence-electron chi connectivity index (χ1n) is 14.2. The Morgan fingerprint density at radius 3 is 1.80 bits per heavy atom. The Kier molecular flexibility index (Phi) is 5.08. The Balaban J connectivity index is 1.48. The molecule has 2 heterocycles. The fraction of sp³-hybridized carbons (Fsp3) is 0.105. The largest absolute Gasteiger partial charge is 0.278 e. The molecule has 0 bridgehead atoms. The van der Waals surface area contributed by atoms with Crippen molar-refractivity contribution in [3.05, 3.63) is 138 Å². The molecule has 8 rings (SSSR count). The summed E-state index contributed by atoms with van der Waals surface area (Å²) in [6, 6.07) is 43.1. The van der Waals surface area contributed by atoms with Crippen LogP contribution in [0.3, 0.4) is 0 Å². The summed E-state index contributed by atoms with van der Waals surface area (Å²) in [6.45, 7) is 6.80. The molecule has 1 aliphatic carbocycles. The molecule has 0 atom stereocenters. The molecule has 7 aromatic rings. The maximum absolute atomic E-state index is 5.29. The third-order valence-electron chi connectivity index (χ3n) is 8.80. The maximum Gasteiger partial charge on any atom is 0.235 e. The molecule has 0 spiro atoms. The lowest BCUT2D eigenvalue weighted by molar-refractivity contribution is 0.661. The molecular formula is C38H29N3. The van der Waals surface area contributed by atoms with Crippen LogP contribution < -0.4 is 0 Å². The Bertz CT molecular complexity index is 2060. The zero-order valence-corrected chi connectivity index (χ0v) is 23.4. The first kappa shape index (κ1) is 23.8. The minimum absolute atomic E-state index is 0.0973. The summed E-state index contributed by atoms with van der Waals surface area (Å²) < 4.78 is 2.27. The van der Waals surface area contributed by atoms with E-state index < -0.39 is 0 Å². The van der Waals surface area contributed by atoms with Crippen LogP contribution in [0.25, 0.3) is 61.4 Å². The topological polar surface area (TPSA) is 30.7 Å². The lowest BCUT2D eigenvalue weighted by atomic mass is 9.82. The van der Waals surface area contributed by atoms with E-state index in [9.17, 15) is 0 Å². The first-order chi connectivity index (χ1) is 20.0. The van der Waals surface area contributed by atoms with Crippen LogP contribution in [-0.4, -0.2) is 14.5 Å². The van der Waals surface area contributed by atoms with Crippen molar-refractivity contribution in [3.8, 4) is 39.6 Å². The lowest BCUT2D eigenvalue weighted by Gasteiger charge is -2.21. The van der Waals surface area contributed by atoms with E-state index in [-0.39, 0.29) is 5.41 Å². The van der Waals surface area contributed by atoms with Crippen molar-refractivity contribution in [2.75, 3.05) is 0 Å². The van der Waals surface area contributed by atoms with Crippen LogP contribution in [-0.2, 0) is 5.41 Å². The third-order valence-corrected chi connectivity index (χ3v) is 8.80. The maximum atomic E-state index is 5.29. The third kappa shape index (κ3) is 3.45. The summed E-state index contributed by atoms with van der Waals surface area (Å²) in [7, 11) is 0. The van der Waals surface area contributed by atoms with Crippen LogP contribution in [0.2, 0.25) is 0 Å². The highest BCUT2D eigenvalue weighted by atomic mass is 15.2. The van der Waals surface area contributed by atoms with E-state index in [0.717, 1.165) is 39.1 Å². The van der Waals surface area contributed by atoms with Crippen LogP contribution in [0.15, 0.2) is 121 Å². The number of hydrogen-bond donors (Lipinski definition) is 0. The monoisotopic (exact) mass is 527 g/mol. The van der Waals surface area contributed by atoms with E-state index in [1.807, 2.05) is 12.1 Å². The molecule has 1 aliphatic rings. The predicted octanol–water partition coefficient (Wildman–Crippen LogP) is 9.52. The van der Waals surface area contributed by atoms with E-state index in [1.165, 1.54) is 33.0 Å². The van der Waals surface area contributed by atoms with Crippen LogP contribution in [0, 0.1) is 6.92 Å². The van der Waals surface area contributed by atoms with Gasteiger partial charge >= 0.3 is 0 Å². The number of fused-ring (bicyclic) bond motifs is 6. The SMILES string of the molecule is Cc1c(-c2ccccc2)nc(-n2c3ccccc3c3cc4c(cc32)C(C)(C)c2ccccc2-4)nc1-c1ccccc1. The highest BCUT2D eigenvalue weighted by Crippen LogP contribution is 2.50. The Hall–Kier alpha value is -5.02. The predicted molar refractivity (Wildman–Crippen MR) is 170 cm³/mol. The van der Waals surface area contributed by atoms with Gasteiger partial charge in [-0.25, -0.2) is 9.97 Å². The number of aromatic nitrogens is 3. The molecule has 3 heteroatoms. The normalized spacial score (nSPS) is 13.4. The van der Waals surface area contributed by atoms with Gasteiger partial charge in [0.05, 0.1) is 22.4 Å². The van der Waals surface area contributed by atoms with Crippen molar-refractivity contribution in [3.63, 3.8) is 0 Å². The van der Waals surface area contributed by atoms with E-state index in [4.69, 9.17) is 9.97 Å². The molecule has 196 valence electrons. The first-order valence-corrected chi connectivity index (χ1v) is 14.2. The van der Waals surface area contributed by atoms with Gasteiger partial charge in [-0.3, -0.25) is 4.57 Å². The molecule has 0 radical (unpaired) electrons. The van der Waals surface area contributed by atoms with E-state index in [0.29, 0.717) is 5.95 Å². The quantitative estimate of drug-likeness (QED) is 0.229. The van der Waals surface area contributed by atoms with Gasteiger partial charge in [0.15, 0.2) is 0 Å². The van der Waals surface area contributed by atoms with Crippen molar-refractivity contribution < 1.29 is 0 Å². The van der Waals surface area contributed by atoms with Gasteiger partial charge in [0.2, 0.25) is 5.95 Å². The summed E-state index contributed by atoms with van der Waals surface area (Å²) >= 11 is 0. The summed E-state index contributed by atoms with van der Waals surface area (Å²) in [5.41, 5.74) is 12.7. The molecule has 0 unspecified atom stereocenters. The average molecular weight is 528 g/mol. The number of benzene rings is 5. The van der Waals surface area contributed by atoms with Gasteiger partial charge in [-0.2, -0.15) is 0 Å². The van der Waals surface area contributed by atoms with Gasteiger partial charge in [-0.05, 0) is 47.4 Å². The smallest absolute Gasteiger partial charge is 0.235 e. The van der Waals surface area contributed by atoms with Gasteiger partial charge < -0.3 is 0 Å². The summed E-state index contributed by atoms with van der Waals surface area (Å²) in [4.78, 5) is 10.6. The van der Waals surface area contributed by atoms with Crippen LogP contribution >= 0.6 is 0 Å². The molecule has 0 saturated heterocycles. The highest BCUT2D eigenvalue weighted by Gasteiger charge is 2.36. The van der Waals surface area contributed by atoms with E-state index >= 15 is 0 Å². The number of hydrogen-bond acceptors (Lipinski definition) is 2. The molecule has 0 saturated carbocycles. The van der Waals surface area contributed by atoms with Crippen molar-refractivity contribution in [1.29, 1.82) is 0 Å². The molecule has 2 aromatic heterocycles. The van der Waals surface area contributed by atoms with Crippen molar-refractivity contribution in [1.82, 2.24) is 14.5 Å². The minimum Gasteiger partial charge on any atom is -0.278 e. The second-order valence-electron chi connectivity index (χ2n) is 11.5. The Labute approximate surface area is 239 Å². The number of nitrogens with zero attached hydrogens (tertiary/aromatic N) is 3. The van der Waals surface area contributed by atoms with Gasteiger partial charge in [0.25, 0.3) is 0 Å². The Morgan fingerprint density at radius 2 is 1.12 bits per heavy atom. The Morgan fingerprint density at radius 1 is 0.537 bits per heavy atom. The zero-order chi connectivity index (χ0) is 27.7. The van der Waals surface area contributed by atoms with Crippen LogP contribution in [0.1, 0.15) is 30.5 Å². The fourth-order valence-corrected chi connectivity index (χ4v) is 6.74. The van der Waals surface area contributed by atoms with Gasteiger partial charge in [-0.15, -0.1) is 0 Å². The van der Waals surface area contributed by atoms with Gasteiger partial charge in [-0.1, -0.05) is 117 Å².